The Morgan fingerprint density at radius 1 is 1.19 bits per heavy atom. The molecule has 172 valence electrons. The number of nitrogens with one attached hydrogen (secondary N) is 1. The van der Waals surface area contributed by atoms with E-state index in [1.54, 1.807) is 18.2 Å². The van der Waals surface area contributed by atoms with E-state index < -0.39 is 12.0 Å². The van der Waals surface area contributed by atoms with Gasteiger partial charge in [-0.2, -0.15) is 0 Å². The summed E-state index contributed by atoms with van der Waals surface area (Å²) in [7, 11) is 1.50. The van der Waals surface area contributed by atoms with Crippen LogP contribution in [0.3, 0.4) is 0 Å². The van der Waals surface area contributed by atoms with Crippen LogP contribution in [0.15, 0.2) is 22.7 Å². The average molecular weight is 499 g/mol. The molecule has 1 aliphatic rings. The minimum atomic E-state index is -0.912. The van der Waals surface area contributed by atoms with Gasteiger partial charge in [-0.1, -0.05) is 26.2 Å². The molecule has 2 rings (SSSR count). The van der Waals surface area contributed by atoms with Gasteiger partial charge in [-0.15, -0.1) is 0 Å². The molecule has 0 spiro atoms. The van der Waals surface area contributed by atoms with E-state index in [-0.39, 0.29) is 31.4 Å². The maximum atomic E-state index is 13.1. The third kappa shape index (κ3) is 7.81. The minimum Gasteiger partial charge on any atom is -0.492 e. The highest BCUT2D eigenvalue weighted by Gasteiger charge is 2.35. The number of ether oxygens (including phenoxy) is 3. The van der Waals surface area contributed by atoms with Crippen LogP contribution < -0.4 is 10.1 Å². The lowest BCUT2D eigenvalue weighted by Gasteiger charge is -2.34. The fourth-order valence-electron chi connectivity index (χ4n) is 3.24. The fraction of sp³-hybridized carbons (Fsp3) is 0.591. The average Bonchev–Trinajstić information content (AvgIpc) is 2.75. The maximum absolute atomic E-state index is 13.1. The fourth-order valence-corrected chi connectivity index (χ4v) is 3.74. The molecule has 0 radical (unpaired) electrons. The zero-order valence-corrected chi connectivity index (χ0v) is 19.7. The van der Waals surface area contributed by atoms with E-state index in [4.69, 9.17) is 14.2 Å². The monoisotopic (exact) mass is 498 g/mol. The highest BCUT2D eigenvalue weighted by Crippen LogP contribution is 2.27. The molecule has 1 aromatic carbocycles. The Labute approximate surface area is 191 Å². The van der Waals surface area contributed by atoms with Crippen molar-refractivity contribution in [3.63, 3.8) is 0 Å². The van der Waals surface area contributed by atoms with Gasteiger partial charge in [-0.25, -0.2) is 0 Å². The Balaban J connectivity index is 2.02. The number of rotatable bonds is 12. The SMILES string of the molecule is CCCCCCOc1ccc(C(=O)N2CCNC(=O)C2CC(=O)OCCOC)cc1Br. The number of carbonyl (C=O) groups excluding carboxylic acids is 3. The molecular formula is C22H31BrN2O6. The molecule has 1 N–H and O–H groups in total. The normalized spacial score (nSPS) is 16.0. The van der Waals surface area contributed by atoms with E-state index >= 15 is 0 Å². The van der Waals surface area contributed by atoms with Crippen LogP contribution in [0.2, 0.25) is 0 Å². The predicted molar refractivity (Wildman–Crippen MR) is 119 cm³/mol. The van der Waals surface area contributed by atoms with Crippen LogP contribution in [0, 0.1) is 0 Å². The lowest BCUT2D eigenvalue weighted by molar-refractivity contribution is -0.148. The molecular weight excluding hydrogens is 468 g/mol. The summed E-state index contributed by atoms with van der Waals surface area (Å²) < 4.78 is 16.4. The standard InChI is InChI=1S/C22H31BrN2O6/c1-3-4-5-6-11-30-19-8-7-16(14-17(19)23)22(28)25-10-9-24-21(27)18(25)15-20(26)31-13-12-29-2/h7-8,14,18H,3-6,9-13,15H2,1-2H3,(H,24,27). The number of piperazine rings is 1. The molecule has 0 aliphatic carbocycles. The Morgan fingerprint density at radius 3 is 2.71 bits per heavy atom. The topological polar surface area (TPSA) is 94.2 Å². The smallest absolute Gasteiger partial charge is 0.308 e. The van der Waals surface area contributed by atoms with Gasteiger partial charge in [0, 0.05) is 25.8 Å². The highest BCUT2D eigenvalue weighted by molar-refractivity contribution is 9.10. The van der Waals surface area contributed by atoms with Crippen molar-refractivity contribution in [1.29, 1.82) is 0 Å². The first-order chi connectivity index (χ1) is 15.0. The largest absolute Gasteiger partial charge is 0.492 e. The molecule has 1 atom stereocenters. The number of esters is 1. The lowest BCUT2D eigenvalue weighted by atomic mass is 10.1. The van der Waals surface area contributed by atoms with Crippen molar-refractivity contribution in [1.82, 2.24) is 10.2 Å². The summed E-state index contributed by atoms with van der Waals surface area (Å²) in [5, 5.41) is 2.70. The molecule has 0 saturated carbocycles. The first-order valence-corrected chi connectivity index (χ1v) is 11.4. The number of halogens is 1. The van der Waals surface area contributed by atoms with Gasteiger partial charge in [0.1, 0.15) is 18.4 Å². The molecule has 0 bridgehead atoms. The van der Waals surface area contributed by atoms with Gasteiger partial charge >= 0.3 is 5.97 Å². The number of benzene rings is 1. The Kier molecular flexibility index (Phi) is 10.8. The zero-order chi connectivity index (χ0) is 22.6. The van der Waals surface area contributed by atoms with Gasteiger partial charge in [-0.3, -0.25) is 14.4 Å². The molecule has 1 saturated heterocycles. The molecule has 9 heteroatoms. The van der Waals surface area contributed by atoms with E-state index in [9.17, 15) is 14.4 Å². The van der Waals surface area contributed by atoms with E-state index in [0.29, 0.717) is 35.5 Å². The van der Waals surface area contributed by atoms with E-state index in [0.717, 1.165) is 12.8 Å². The number of hydrogen-bond donors (Lipinski definition) is 1. The van der Waals surface area contributed by atoms with Crippen LogP contribution >= 0.6 is 15.9 Å². The van der Waals surface area contributed by atoms with Gasteiger partial charge in [0.25, 0.3) is 5.91 Å². The first-order valence-electron chi connectivity index (χ1n) is 10.6. The molecule has 1 aromatic rings. The summed E-state index contributed by atoms with van der Waals surface area (Å²) in [5.41, 5.74) is 0.414. The summed E-state index contributed by atoms with van der Waals surface area (Å²) in [6.07, 6.45) is 4.24. The van der Waals surface area contributed by atoms with Gasteiger partial charge in [0.2, 0.25) is 5.91 Å². The Morgan fingerprint density at radius 2 is 2.00 bits per heavy atom. The quantitative estimate of drug-likeness (QED) is 0.351. The molecule has 1 fully saturated rings. The van der Waals surface area contributed by atoms with Crippen molar-refractivity contribution in [3.05, 3.63) is 28.2 Å². The molecule has 1 heterocycles. The summed E-state index contributed by atoms with van der Waals surface area (Å²) in [6.45, 7) is 3.80. The van der Waals surface area contributed by atoms with Gasteiger partial charge < -0.3 is 24.4 Å². The minimum absolute atomic E-state index is 0.102. The Bertz CT molecular complexity index is 758. The summed E-state index contributed by atoms with van der Waals surface area (Å²) in [4.78, 5) is 39.0. The molecule has 8 nitrogen and oxygen atoms in total. The number of hydrogen-bond acceptors (Lipinski definition) is 6. The van der Waals surface area contributed by atoms with Crippen LogP contribution in [0.5, 0.6) is 5.75 Å². The second-order valence-electron chi connectivity index (χ2n) is 7.28. The second-order valence-corrected chi connectivity index (χ2v) is 8.13. The molecule has 2 amide bonds. The predicted octanol–water partition coefficient (Wildman–Crippen LogP) is 2.93. The number of unbranched alkanes of at least 4 members (excludes halogenated alkanes) is 3. The zero-order valence-electron chi connectivity index (χ0n) is 18.2. The van der Waals surface area contributed by atoms with E-state index in [1.807, 2.05) is 0 Å². The van der Waals surface area contributed by atoms with Crippen molar-refractivity contribution in [2.24, 2.45) is 0 Å². The third-order valence-corrected chi connectivity index (χ3v) is 5.56. The van der Waals surface area contributed by atoms with E-state index in [2.05, 4.69) is 28.2 Å². The molecule has 1 aliphatic heterocycles. The van der Waals surface area contributed by atoms with E-state index in [1.165, 1.54) is 24.9 Å². The number of methoxy groups -OCH3 is 1. The number of nitrogens with zero attached hydrogens (tertiary/aromatic N) is 1. The van der Waals surface area contributed by atoms with Crippen molar-refractivity contribution in [2.45, 2.75) is 45.1 Å². The second kappa shape index (κ2) is 13.3. The molecule has 0 aromatic heterocycles. The summed E-state index contributed by atoms with van der Waals surface area (Å²) in [5.74, 6) is -0.568. The number of amides is 2. The number of carbonyl (C=O) groups is 3. The molecule has 1 unspecified atom stereocenters. The summed E-state index contributed by atoms with van der Waals surface area (Å²) >= 11 is 3.46. The van der Waals surface area contributed by atoms with Crippen LogP contribution in [-0.2, 0) is 19.1 Å². The van der Waals surface area contributed by atoms with Gasteiger partial charge in [-0.05, 0) is 40.5 Å². The maximum Gasteiger partial charge on any atom is 0.308 e. The van der Waals surface area contributed by atoms with Crippen molar-refractivity contribution < 1.29 is 28.6 Å². The first kappa shape index (κ1) is 25.1. The van der Waals surface area contributed by atoms with Crippen molar-refractivity contribution in [2.75, 3.05) is 40.0 Å². The van der Waals surface area contributed by atoms with Crippen molar-refractivity contribution in [3.8, 4) is 5.75 Å². The third-order valence-electron chi connectivity index (χ3n) is 4.94. The van der Waals surface area contributed by atoms with Gasteiger partial charge in [0.05, 0.1) is 24.1 Å². The summed E-state index contributed by atoms with van der Waals surface area (Å²) in [6, 6.07) is 4.19. The van der Waals surface area contributed by atoms with Crippen molar-refractivity contribution >= 4 is 33.7 Å². The van der Waals surface area contributed by atoms with Crippen LogP contribution in [0.25, 0.3) is 0 Å². The Hall–Kier alpha value is -2.13. The lowest BCUT2D eigenvalue weighted by Crippen LogP contribution is -2.57. The van der Waals surface area contributed by atoms with Crippen LogP contribution in [0.4, 0.5) is 0 Å². The highest BCUT2D eigenvalue weighted by atomic mass is 79.9. The van der Waals surface area contributed by atoms with Gasteiger partial charge in [0.15, 0.2) is 0 Å². The van der Waals surface area contributed by atoms with Crippen LogP contribution in [0.1, 0.15) is 49.4 Å². The molecule has 31 heavy (non-hydrogen) atoms. The van der Waals surface area contributed by atoms with Crippen LogP contribution in [-0.4, -0.2) is 68.7 Å².